The van der Waals surface area contributed by atoms with Crippen molar-refractivity contribution in [3.05, 3.63) is 77.6 Å². The van der Waals surface area contributed by atoms with Crippen LogP contribution < -0.4 is 5.32 Å². The standard InChI is InChI=1S/C24H25N5OS/c1-17-22-18(2)29(20-13-7-4-8-14-20)28-23(22)24(27-26-17)31-16-21(30)25-15-9-12-19-10-5-3-6-11-19/h3-8,10-11,13-14H,9,12,15-16H2,1-2H3,(H,25,30). The van der Waals surface area contributed by atoms with Crippen LogP contribution in [-0.2, 0) is 11.2 Å². The van der Waals surface area contributed by atoms with E-state index < -0.39 is 0 Å². The van der Waals surface area contributed by atoms with E-state index in [0.29, 0.717) is 11.6 Å². The molecule has 2 aromatic carbocycles. The minimum atomic E-state index is -0.00667. The fourth-order valence-electron chi connectivity index (χ4n) is 3.57. The van der Waals surface area contributed by atoms with Crippen LogP contribution in [0.15, 0.2) is 65.7 Å². The largest absolute Gasteiger partial charge is 0.355 e. The third kappa shape index (κ3) is 4.94. The van der Waals surface area contributed by atoms with Crippen molar-refractivity contribution >= 4 is 28.6 Å². The zero-order valence-corrected chi connectivity index (χ0v) is 18.5. The fourth-order valence-corrected chi connectivity index (χ4v) is 4.32. The molecule has 0 atom stereocenters. The highest BCUT2D eigenvalue weighted by molar-refractivity contribution is 8.00. The lowest BCUT2D eigenvalue weighted by Crippen LogP contribution is -2.26. The van der Waals surface area contributed by atoms with Crippen molar-refractivity contribution in [3.8, 4) is 5.69 Å². The summed E-state index contributed by atoms with van der Waals surface area (Å²) < 4.78 is 1.91. The molecule has 6 nitrogen and oxygen atoms in total. The molecule has 1 N–H and O–H groups in total. The van der Waals surface area contributed by atoms with Crippen molar-refractivity contribution in [2.75, 3.05) is 12.3 Å². The minimum absolute atomic E-state index is 0.00667. The Kier molecular flexibility index (Phi) is 6.62. The van der Waals surface area contributed by atoms with Gasteiger partial charge in [0.05, 0.1) is 22.8 Å². The number of amides is 1. The number of nitrogens with zero attached hydrogens (tertiary/aromatic N) is 4. The third-order valence-electron chi connectivity index (χ3n) is 5.12. The summed E-state index contributed by atoms with van der Waals surface area (Å²) in [4.78, 5) is 12.3. The molecule has 0 fully saturated rings. The number of hydrogen-bond acceptors (Lipinski definition) is 5. The highest BCUT2D eigenvalue weighted by Gasteiger charge is 2.17. The molecular weight excluding hydrogens is 406 g/mol. The van der Waals surface area contributed by atoms with Gasteiger partial charge in [0.15, 0.2) is 0 Å². The van der Waals surface area contributed by atoms with Crippen LogP contribution in [0.25, 0.3) is 16.6 Å². The Labute approximate surface area is 186 Å². The molecule has 0 aliphatic heterocycles. The quantitative estimate of drug-likeness (QED) is 0.333. The second-order valence-corrected chi connectivity index (χ2v) is 8.34. The summed E-state index contributed by atoms with van der Waals surface area (Å²) in [5.74, 6) is 0.280. The van der Waals surface area contributed by atoms with E-state index in [2.05, 4.69) is 27.6 Å². The van der Waals surface area contributed by atoms with Crippen LogP contribution in [0.1, 0.15) is 23.4 Å². The van der Waals surface area contributed by atoms with E-state index in [0.717, 1.165) is 40.8 Å². The number of carbonyl (C=O) groups is 1. The molecule has 0 saturated carbocycles. The summed E-state index contributed by atoms with van der Waals surface area (Å²) in [6, 6.07) is 20.3. The lowest BCUT2D eigenvalue weighted by molar-refractivity contribution is -0.118. The molecule has 0 spiro atoms. The molecule has 0 saturated heterocycles. The minimum Gasteiger partial charge on any atom is -0.355 e. The van der Waals surface area contributed by atoms with E-state index in [1.165, 1.54) is 17.3 Å². The maximum absolute atomic E-state index is 12.3. The van der Waals surface area contributed by atoms with Gasteiger partial charge in [-0.05, 0) is 44.4 Å². The van der Waals surface area contributed by atoms with Gasteiger partial charge in [-0.2, -0.15) is 10.2 Å². The van der Waals surface area contributed by atoms with Gasteiger partial charge in [-0.25, -0.2) is 4.68 Å². The highest BCUT2D eigenvalue weighted by atomic mass is 32.2. The van der Waals surface area contributed by atoms with Gasteiger partial charge in [0.1, 0.15) is 10.5 Å². The van der Waals surface area contributed by atoms with Crippen LogP contribution in [0.3, 0.4) is 0 Å². The molecule has 2 aromatic heterocycles. The number of rotatable bonds is 8. The van der Waals surface area contributed by atoms with Crippen molar-refractivity contribution in [2.45, 2.75) is 31.7 Å². The van der Waals surface area contributed by atoms with Gasteiger partial charge in [0, 0.05) is 11.9 Å². The number of benzene rings is 2. The maximum Gasteiger partial charge on any atom is 0.230 e. The molecule has 1 amide bonds. The third-order valence-corrected chi connectivity index (χ3v) is 6.07. The molecule has 4 rings (SSSR count). The molecule has 0 aliphatic carbocycles. The Hall–Kier alpha value is -3.19. The molecule has 2 heterocycles. The van der Waals surface area contributed by atoms with Gasteiger partial charge in [-0.1, -0.05) is 60.3 Å². The summed E-state index contributed by atoms with van der Waals surface area (Å²) in [6.45, 7) is 4.63. The zero-order valence-electron chi connectivity index (χ0n) is 17.7. The van der Waals surface area contributed by atoms with Crippen molar-refractivity contribution in [1.29, 1.82) is 0 Å². The first-order chi connectivity index (χ1) is 15.1. The van der Waals surface area contributed by atoms with Gasteiger partial charge in [-0.3, -0.25) is 4.79 Å². The molecule has 0 radical (unpaired) electrons. The van der Waals surface area contributed by atoms with E-state index in [1.807, 2.05) is 67.1 Å². The fraction of sp³-hybridized carbons (Fsp3) is 0.250. The van der Waals surface area contributed by atoms with E-state index in [4.69, 9.17) is 5.10 Å². The normalized spacial score (nSPS) is 11.0. The van der Waals surface area contributed by atoms with Crippen molar-refractivity contribution < 1.29 is 4.79 Å². The van der Waals surface area contributed by atoms with Gasteiger partial charge in [-0.15, -0.1) is 5.10 Å². The monoisotopic (exact) mass is 431 g/mol. The second-order valence-electron chi connectivity index (χ2n) is 7.37. The first kappa shape index (κ1) is 21.1. The van der Waals surface area contributed by atoms with Crippen LogP contribution in [-0.4, -0.2) is 38.2 Å². The molecule has 0 aliphatic rings. The Balaban J connectivity index is 1.40. The summed E-state index contributed by atoms with van der Waals surface area (Å²) in [5, 5.41) is 18.1. The number of carbonyl (C=O) groups excluding carboxylic acids is 1. The lowest BCUT2D eigenvalue weighted by atomic mass is 10.1. The first-order valence-corrected chi connectivity index (χ1v) is 11.3. The van der Waals surface area contributed by atoms with E-state index in [1.54, 1.807) is 0 Å². The first-order valence-electron chi connectivity index (χ1n) is 10.3. The number of fused-ring (bicyclic) bond motifs is 1. The van der Waals surface area contributed by atoms with Gasteiger partial charge < -0.3 is 5.32 Å². The molecule has 4 aromatic rings. The molecule has 0 bridgehead atoms. The van der Waals surface area contributed by atoms with Crippen molar-refractivity contribution in [3.63, 3.8) is 0 Å². The Morgan fingerprint density at radius 2 is 1.71 bits per heavy atom. The topological polar surface area (TPSA) is 72.7 Å². The molecule has 158 valence electrons. The number of thioether (sulfide) groups is 1. The van der Waals surface area contributed by atoms with Crippen molar-refractivity contribution in [1.82, 2.24) is 25.3 Å². The van der Waals surface area contributed by atoms with Crippen molar-refractivity contribution in [2.24, 2.45) is 0 Å². The Morgan fingerprint density at radius 3 is 2.45 bits per heavy atom. The summed E-state index contributed by atoms with van der Waals surface area (Å²) >= 11 is 1.38. The van der Waals surface area contributed by atoms with Crippen LogP contribution in [0.2, 0.25) is 0 Å². The van der Waals surface area contributed by atoms with E-state index in [-0.39, 0.29) is 11.7 Å². The van der Waals surface area contributed by atoms with Crippen LogP contribution in [0.4, 0.5) is 0 Å². The van der Waals surface area contributed by atoms with Crippen LogP contribution in [0.5, 0.6) is 0 Å². The molecule has 7 heteroatoms. The average molecular weight is 432 g/mol. The van der Waals surface area contributed by atoms with Crippen LogP contribution in [0, 0.1) is 13.8 Å². The number of hydrogen-bond donors (Lipinski definition) is 1. The van der Waals surface area contributed by atoms with E-state index >= 15 is 0 Å². The Bertz CT molecular complexity index is 1180. The predicted octanol–water partition coefficient (Wildman–Crippen LogP) is 4.27. The van der Waals surface area contributed by atoms with Crippen LogP contribution >= 0.6 is 11.8 Å². The number of para-hydroxylation sites is 1. The summed E-state index contributed by atoms with van der Waals surface area (Å²) in [7, 11) is 0. The van der Waals surface area contributed by atoms with E-state index in [9.17, 15) is 4.79 Å². The summed E-state index contributed by atoms with van der Waals surface area (Å²) in [5.41, 5.74) is 4.91. The zero-order chi connectivity index (χ0) is 21.6. The molecule has 0 unspecified atom stereocenters. The lowest BCUT2D eigenvalue weighted by Gasteiger charge is -2.06. The maximum atomic E-state index is 12.3. The average Bonchev–Trinajstić information content (AvgIpc) is 3.16. The molecular formula is C24H25N5OS. The van der Waals surface area contributed by atoms with Gasteiger partial charge >= 0.3 is 0 Å². The smallest absolute Gasteiger partial charge is 0.230 e. The second kappa shape index (κ2) is 9.75. The number of aromatic nitrogens is 4. The van der Waals surface area contributed by atoms with Gasteiger partial charge in [0.25, 0.3) is 0 Å². The SMILES string of the molecule is Cc1nnc(SCC(=O)NCCCc2ccccc2)c2nn(-c3ccccc3)c(C)c12. The Morgan fingerprint density at radius 1 is 1.00 bits per heavy atom. The summed E-state index contributed by atoms with van der Waals surface area (Å²) in [6.07, 6.45) is 1.87. The highest BCUT2D eigenvalue weighted by Crippen LogP contribution is 2.29. The molecule has 31 heavy (non-hydrogen) atoms. The number of nitrogens with one attached hydrogen (secondary N) is 1. The van der Waals surface area contributed by atoms with Gasteiger partial charge in [0.2, 0.25) is 5.91 Å². The predicted molar refractivity (Wildman–Crippen MR) is 125 cm³/mol. The number of aryl methyl sites for hydroxylation is 3.